The number of hydrogen-bond donors (Lipinski definition) is 0. The van der Waals surface area contributed by atoms with E-state index in [1.54, 1.807) is 0 Å². The smallest absolute Gasteiger partial charge is 0.228 e. The second kappa shape index (κ2) is 7.84. The summed E-state index contributed by atoms with van der Waals surface area (Å²) in [6, 6.07) is 5.92. The molecule has 0 spiro atoms. The van der Waals surface area contributed by atoms with Crippen LogP contribution in [0, 0.1) is 12.8 Å². The van der Waals surface area contributed by atoms with Gasteiger partial charge in [0.15, 0.2) is 0 Å². The second-order valence-corrected chi connectivity index (χ2v) is 7.72. The van der Waals surface area contributed by atoms with E-state index in [0.717, 1.165) is 25.0 Å². The average molecular weight is 373 g/mol. The summed E-state index contributed by atoms with van der Waals surface area (Å²) in [6.45, 7) is 5.12. The molecule has 3 fully saturated rings. The van der Waals surface area contributed by atoms with E-state index in [-0.39, 0.29) is 29.9 Å². The highest BCUT2D eigenvalue weighted by molar-refractivity contribution is 5.89. The van der Waals surface area contributed by atoms with Crippen molar-refractivity contribution in [1.82, 2.24) is 14.8 Å². The van der Waals surface area contributed by atoms with Crippen LogP contribution in [0.25, 0.3) is 0 Å². The molecule has 2 amide bonds. The normalized spacial score (nSPS) is 26.6. The highest BCUT2D eigenvalue weighted by Crippen LogP contribution is 2.27. The van der Waals surface area contributed by atoms with Gasteiger partial charge in [-0.1, -0.05) is 6.07 Å². The van der Waals surface area contributed by atoms with Gasteiger partial charge in [-0.15, -0.1) is 0 Å². The van der Waals surface area contributed by atoms with Gasteiger partial charge in [-0.2, -0.15) is 0 Å². The first-order chi connectivity index (χ1) is 13.1. The Balaban J connectivity index is 1.31. The number of ether oxygens (including phenoxy) is 2. The molecular formula is C20H27N3O4. The van der Waals surface area contributed by atoms with Crippen LogP contribution >= 0.6 is 0 Å². The Hall–Kier alpha value is -2.15. The highest BCUT2D eigenvalue weighted by Gasteiger charge is 2.41. The Labute approximate surface area is 159 Å². The molecule has 3 saturated heterocycles. The monoisotopic (exact) mass is 373 g/mol. The van der Waals surface area contributed by atoms with Crippen molar-refractivity contribution in [2.45, 2.75) is 44.8 Å². The van der Waals surface area contributed by atoms with Crippen molar-refractivity contribution in [2.75, 3.05) is 32.8 Å². The van der Waals surface area contributed by atoms with Gasteiger partial charge in [0, 0.05) is 56.9 Å². The summed E-state index contributed by atoms with van der Waals surface area (Å²) in [5, 5.41) is 0. The lowest BCUT2D eigenvalue weighted by Gasteiger charge is -2.31. The predicted molar refractivity (Wildman–Crippen MR) is 98.2 cm³/mol. The van der Waals surface area contributed by atoms with Crippen LogP contribution in [0.3, 0.4) is 0 Å². The zero-order valence-electron chi connectivity index (χ0n) is 15.8. The molecule has 3 aliphatic rings. The molecule has 4 rings (SSSR count). The fourth-order valence-electron chi connectivity index (χ4n) is 4.28. The van der Waals surface area contributed by atoms with E-state index in [1.165, 1.54) is 0 Å². The lowest BCUT2D eigenvalue weighted by molar-refractivity contribution is -0.135. The Morgan fingerprint density at radius 1 is 1.22 bits per heavy atom. The van der Waals surface area contributed by atoms with Crippen LogP contribution in [-0.2, 0) is 14.3 Å². The molecule has 0 bridgehead atoms. The van der Waals surface area contributed by atoms with Gasteiger partial charge >= 0.3 is 0 Å². The number of likely N-dealkylation sites (tertiary alicyclic amines) is 2. The molecule has 1 aromatic heterocycles. The number of aromatic nitrogens is 1. The molecular weight excluding hydrogens is 346 g/mol. The molecule has 7 nitrogen and oxygen atoms in total. The number of hydrogen-bond acceptors (Lipinski definition) is 5. The summed E-state index contributed by atoms with van der Waals surface area (Å²) in [6.07, 6.45) is 2.83. The molecule has 0 N–H and O–H groups in total. The Bertz CT molecular complexity index is 704. The van der Waals surface area contributed by atoms with Gasteiger partial charge in [0.2, 0.25) is 17.7 Å². The molecule has 2 atom stereocenters. The third-order valence-electron chi connectivity index (χ3n) is 5.75. The SMILES string of the molecule is Cc1cccc(OC2CCN(C(=O)C3CC(=O)N(C4CCOCC4)C3)C2)n1. The fraction of sp³-hybridized carbons (Fsp3) is 0.650. The molecule has 1 aromatic rings. The number of aryl methyl sites for hydroxylation is 1. The number of carbonyl (C=O) groups excluding carboxylic acids is 2. The van der Waals surface area contributed by atoms with Crippen molar-refractivity contribution in [1.29, 1.82) is 0 Å². The van der Waals surface area contributed by atoms with Crippen LogP contribution in [0.5, 0.6) is 5.88 Å². The van der Waals surface area contributed by atoms with E-state index in [9.17, 15) is 9.59 Å². The van der Waals surface area contributed by atoms with Crippen LogP contribution in [-0.4, -0.2) is 71.6 Å². The molecule has 0 aliphatic carbocycles. The lowest BCUT2D eigenvalue weighted by Crippen LogP contribution is -2.42. The number of carbonyl (C=O) groups is 2. The number of pyridine rings is 1. The van der Waals surface area contributed by atoms with Gasteiger partial charge in [-0.3, -0.25) is 9.59 Å². The van der Waals surface area contributed by atoms with Crippen molar-refractivity contribution in [3.8, 4) is 5.88 Å². The maximum absolute atomic E-state index is 12.9. The third kappa shape index (κ3) is 4.08. The van der Waals surface area contributed by atoms with Crippen molar-refractivity contribution < 1.29 is 19.1 Å². The first kappa shape index (κ1) is 18.2. The van der Waals surface area contributed by atoms with Crippen molar-refractivity contribution in [3.05, 3.63) is 23.9 Å². The van der Waals surface area contributed by atoms with Crippen molar-refractivity contribution in [3.63, 3.8) is 0 Å². The Kier molecular flexibility index (Phi) is 5.29. The van der Waals surface area contributed by atoms with E-state index in [0.29, 0.717) is 45.1 Å². The molecule has 0 radical (unpaired) electrons. The third-order valence-corrected chi connectivity index (χ3v) is 5.75. The fourth-order valence-corrected chi connectivity index (χ4v) is 4.28. The van der Waals surface area contributed by atoms with E-state index in [4.69, 9.17) is 9.47 Å². The lowest BCUT2D eigenvalue weighted by atomic mass is 10.1. The standard InChI is InChI=1S/C20H27N3O4/c1-14-3-2-4-18(21-14)27-17-5-8-22(13-17)20(25)15-11-19(24)23(12-15)16-6-9-26-10-7-16/h2-4,15-17H,5-13H2,1H3. The zero-order chi connectivity index (χ0) is 18.8. The summed E-state index contributed by atoms with van der Waals surface area (Å²) >= 11 is 0. The van der Waals surface area contributed by atoms with Crippen LogP contribution in [0.2, 0.25) is 0 Å². The summed E-state index contributed by atoms with van der Waals surface area (Å²) in [4.78, 5) is 33.5. The summed E-state index contributed by atoms with van der Waals surface area (Å²) in [5.74, 6) is 0.574. The zero-order valence-corrected chi connectivity index (χ0v) is 15.8. The van der Waals surface area contributed by atoms with Crippen LogP contribution in [0.4, 0.5) is 0 Å². The summed E-state index contributed by atoms with van der Waals surface area (Å²) in [7, 11) is 0. The minimum Gasteiger partial charge on any atom is -0.472 e. The Morgan fingerprint density at radius 2 is 2.04 bits per heavy atom. The number of amides is 2. The van der Waals surface area contributed by atoms with Crippen LogP contribution in [0.15, 0.2) is 18.2 Å². The molecule has 146 valence electrons. The van der Waals surface area contributed by atoms with E-state index in [2.05, 4.69) is 4.98 Å². The summed E-state index contributed by atoms with van der Waals surface area (Å²) in [5.41, 5.74) is 0.913. The molecule has 0 saturated carbocycles. The second-order valence-electron chi connectivity index (χ2n) is 7.72. The van der Waals surface area contributed by atoms with Gasteiger partial charge in [0.25, 0.3) is 0 Å². The molecule has 2 unspecified atom stereocenters. The van der Waals surface area contributed by atoms with Gasteiger partial charge in [0.05, 0.1) is 12.5 Å². The highest BCUT2D eigenvalue weighted by atomic mass is 16.5. The topological polar surface area (TPSA) is 72.0 Å². The molecule has 3 aliphatic heterocycles. The molecule has 27 heavy (non-hydrogen) atoms. The van der Waals surface area contributed by atoms with Gasteiger partial charge in [0.1, 0.15) is 6.10 Å². The predicted octanol–water partition coefficient (Wildman–Crippen LogP) is 1.40. The quantitative estimate of drug-likeness (QED) is 0.798. The maximum atomic E-state index is 12.9. The minimum atomic E-state index is -0.226. The maximum Gasteiger partial charge on any atom is 0.228 e. The van der Waals surface area contributed by atoms with Crippen molar-refractivity contribution >= 4 is 11.8 Å². The minimum absolute atomic E-state index is 0.0352. The first-order valence-corrected chi connectivity index (χ1v) is 9.86. The first-order valence-electron chi connectivity index (χ1n) is 9.86. The Morgan fingerprint density at radius 3 is 2.81 bits per heavy atom. The van der Waals surface area contributed by atoms with E-state index in [1.807, 2.05) is 34.9 Å². The van der Waals surface area contributed by atoms with Gasteiger partial charge in [-0.05, 0) is 25.8 Å². The van der Waals surface area contributed by atoms with Crippen LogP contribution in [0.1, 0.15) is 31.4 Å². The largest absolute Gasteiger partial charge is 0.472 e. The number of rotatable bonds is 4. The van der Waals surface area contributed by atoms with Crippen molar-refractivity contribution in [2.24, 2.45) is 5.92 Å². The summed E-state index contributed by atoms with van der Waals surface area (Å²) < 4.78 is 11.3. The van der Waals surface area contributed by atoms with E-state index >= 15 is 0 Å². The van der Waals surface area contributed by atoms with Crippen LogP contribution < -0.4 is 4.74 Å². The molecule has 7 heteroatoms. The molecule has 4 heterocycles. The number of nitrogens with zero attached hydrogens (tertiary/aromatic N) is 3. The molecule has 0 aromatic carbocycles. The van der Waals surface area contributed by atoms with E-state index < -0.39 is 0 Å². The average Bonchev–Trinajstić information content (AvgIpc) is 3.29. The van der Waals surface area contributed by atoms with Gasteiger partial charge < -0.3 is 19.3 Å². The van der Waals surface area contributed by atoms with Gasteiger partial charge in [-0.25, -0.2) is 4.98 Å².